The molecular formula is C26H32FN3O2. The minimum absolute atomic E-state index is 0.0505. The molecule has 170 valence electrons. The van der Waals surface area contributed by atoms with Gasteiger partial charge in [-0.1, -0.05) is 36.4 Å². The highest BCUT2D eigenvalue weighted by atomic mass is 19.1. The van der Waals surface area contributed by atoms with E-state index in [1.54, 1.807) is 13.2 Å². The van der Waals surface area contributed by atoms with E-state index in [1.165, 1.54) is 6.07 Å². The highest BCUT2D eigenvalue weighted by Crippen LogP contribution is 2.24. The Hall–Kier alpha value is -2.70. The normalized spacial score (nSPS) is 15.3. The summed E-state index contributed by atoms with van der Waals surface area (Å²) in [6.07, 6.45) is 2.00. The summed E-state index contributed by atoms with van der Waals surface area (Å²) in [5, 5.41) is 1.08. The number of benzene rings is 2. The van der Waals surface area contributed by atoms with Gasteiger partial charge >= 0.3 is 0 Å². The summed E-state index contributed by atoms with van der Waals surface area (Å²) in [5.41, 5.74) is 2.52. The summed E-state index contributed by atoms with van der Waals surface area (Å²) in [4.78, 5) is 17.7. The third-order valence-corrected chi connectivity index (χ3v) is 6.56. The van der Waals surface area contributed by atoms with Gasteiger partial charge in [0.2, 0.25) is 0 Å². The van der Waals surface area contributed by atoms with Crippen molar-refractivity contribution in [3.8, 4) is 0 Å². The monoisotopic (exact) mass is 437 g/mol. The largest absolute Gasteiger partial charge is 0.383 e. The van der Waals surface area contributed by atoms with Crippen molar-refractivity contribution < 1.29 is 13.9 Å². The van der Waals surface area contributed by atoms with Crippen LogP contribution in [0.25, 0.3) is 10.9 Å². The molecule has 0 unspecified atom stereocenters. The second-order valence-electron chi connectivity index (χ2n) is 8.70. The van der Waals surface area contributed by atoms with Crippen molar-refractivity contribution in [2.75, 3.05) is 39.9 Å². The summed E-state index contributed by atoms with van der Waals surface area (Å²) in [6, 6.07) is 17.0. The predicted molar refractivity (Wildman–Crippen MR) is 125 cm³/mol. The number of rotatable bonds is 8. The Morgan fingerprint density at radius 2 is 1.84 bits per heavy atom. The number of fused-ring (bicyclic) bond motifs is 1. The molecule has 32 heavy (non-hydrogen) atoms. The number of ether oxygens (including phenoxy) is 1. The number of aromatic nitrogens is 1. The van der Waals surface area contributed by atoms with Crippen LogP contribution in [-0.2, 0) is 18.3 Å². The van der Waals surface area contributed by atoms with Gasteiger partial charge in [0.05, 0.1) is 6.61 Å². The van der Waals surface area contributed by atoms with Crippen LogP contribution in [-0.4, -0.2) is 60.2 Å². The molecule has 0 atom stereocenters. The Bertz CT molecular complexity index is 1060. The van der Waals surface area contributed by atoms with E-state index in [-0.39, 0.29) is 11.7 Å². The third kappa shape index (κ3) is 5.03. The maximum atomic E-state index is 14.0. The third-order valence-electron chi connectivity index (χ3n) is 6.56. The molecule has 6 heteroatoms. The number of methoxy groups -OCH3 is 1. The first kappa shape index (κ1) is 22.5. The Morgan fingerprint density at radius 3 is 2.56 bits per heavy atom. The van der Waals surface area contributed by atoms with E-state index < -0.39 is 0 Å². The van der Waals surface area contributed by atoms with Gasteiger partial charge in [-0.3, -0.25) is 9.69 Å². The number of likely N-dealkylation sites (tertiary alicyclic amines) is 1. The van der Waals surface area contributed by atoms with Crippen molar-refractivity contribution in [3.63, 3.8) is 0 Å². The zero-order valence-corrected chi connectivity index (χ0v) is 19.0. The van der Waals surface area contributed by atoms with Crippen molar-refractivity contribution in [2.45, 2.75) is 19.4 Å². The van der Waals surface area contributed by atoms with Gasteiger partial charge in [0.15, 0.2) is 0 Å². The Morgan fingerprint density at radius 1 is 1.12 bits per heavy atom. The van der Waals surface area contributed by atoms with E-state index >= 15 is 0 Å². The second-order valence-corrected chi connectivity index (χ2v) is 8.70. The lowest BCUT2D eigenvalue weighted by Crippen LogP contribution is -2.42. The highest BCUT2D eigenvalue weighted by molar-refractivity contribution is 5.98. The van der Waals surface area contributed by atoms with E-state index in [4.69, 9.17) is 4.74 Å². The summed E-state index contributed by atoms with van der Waals surface area (Å²) >= 11 is 0. The number of piperidine rings is 1. The average Bonchev–Trinajstić information content (AvgIpc) is 3.15. The van der Waals surface area contributed by atoms with Crippen LogP contribution in [0.5, 0.6) is 0 Å². The molecule has 0 aliphatic carbocycles. The van der Waals surface area contributed by atoms with E-state index in [0.717, 1.165) is 48.9 Å². The van der Waals surface area contributed by atoms with Crippen LogP contribution in [0.2, 0.25) is 0 Å². The fraction of sp³-hybridized carbons (Fsp3) is 0.423. The molecule has 2 heterocycles. The predicted octanol–water partition coefficient (Wildman–Crippen LogP) is 4.32. The molecule has 5 nitrogen and oxygen atoms in total. The first-order valence-corrected chi connectivity index (χ1v) is 11.3. The van der Waals surface area contributed by atoms with Gasteiger partial charge in [0.1, 0.15) is 11.5 Å². The molecule has 0 N–H and O–H groups in total. The molecule has 3 aromatic rings. The van der Waals surface area contributed by atoms with Crippen LogP contribution in [0, 0.1) is 11.7 Å². The lowest BCUT2D eigenvalue weighted by molar-refractivity contribution is 0.0608. The number of carbonyl (C=O) groups is 1. The molecule has 0 saturated carbocycles. The molecule has 0 radical (unpaired) electrons. The lowest BCUT2D eigenvalue weighted by Gasteiger charge is -2.35. The minimum atomic E-state index is -0.138. The summed E-state index contributed by atoms with van der Waals surface area (Å²) in [6.45, 7) is 4.28. The molecular weight excluding hydrogens is 405 g/mol. The SMILES string of the molecule is COCCN(CC1CCN(Cc2ccccc2F)CC1)C(=O)c1cc2ccccc2n1C. The van der Waals surface area contributed by atoms with Gasteiger partial charge in [-0.25, -0.2) is 4.39 Å². The molecule has 1 saturated heterocycles. The lowest BCUT2D eigenvalue weighted by atomic mass is 9.95. The first-order chi connectivity index (χ1) is 15.6. The van der Waals surface area contributed by atoms with E-state index in [0.29, 0.717) is 31.3 Å². The van der Waals surface area contributed by atoms with Crippen molar-refractivity contribution in [2.24, 2.45) is 13.0 Å². The second kappa shape index (κ2) is 10.3. The summed E-state index contributed by atoms with van der Waals surface area (Å²) < 4.78 is 21.3. The molecule has 1 fully saturated rings. The van der Waals surface area contributed by atoms with Gasteiger partial charge in [0.25, 0.3) is 5.91 Å². The zero-order valence-electron chi connectivity index (χ0n) is 19.0. The fourth-order valence-electron chi connectivity index (χ4n) is 4.64. The van der Waals surface area contributed by atoms with Gasteiger partial charge < -0.3 is 14.2 Å². The van der Waals surface area contributed by atoms with Gasteiger partial charge in [0, 0.05) is 50.3 Å². The molecule has 1 aliphatic heterocycles. The van der Waals surface area contributed by atoms with Gasteiger partial charge in [-0.05, 0) is 50.0 Å². The molecule has 1 aromatic heterocycles. The van der Waals surface area contributed by atoms with Crippen LogP contribution in [0.15, 0.2) is 54.6 Å². The number of nitrogens with zero attached hydrogens (tertiary/aromatic N) is 3. The molecule has 1 amide bonds. The van der Waals surface area contributed by atoms with Crippen molar-refractivity contribution in [1.82, 2.24) is 14.4 Å². The summed E-state index contributed by atoms with van der Waals surface area (Å²) in [7, 11) is 3.62. The number of halogens is 1. The Balaban J connectivity index is 1.40. The minimum Gasteiger partial charge on any atom is -0.383 e. The van der Waals surface area contributed by atoms with E-state index in [9.17, 15) is 9.18 Å². The zero-order chi connectivity index (χ0) is 22.5. The standard InChI is InChI=1S/C26H32FN3O2/c1-28-24-10-6-4-7-21(24)17-25(28)26(31)30(15-16-32-2)18-20-11-13-29(14-12-20)19-22-8-3-5-9-23(22)27/h3-10,17,20H,11-16,18-19H2,1-2H3. The number of amides is 1. The quantitative estimate of drug-likeness (QED) is 0.527. The van der Waals surface area contributed by atoms with Crippen molar-refractivity contribution in [1.29, 1.82) is 0 Å². The number of carbonyl (C=O) groups excluding carboxylic acids is 1. The number of hydrogen-bond donors (Lipinski definition) is 0. The Labute approximate surface area is 189 Å². The van der Waals surface area contributed by atoms with E-state index in [2.05, 4.69) is 4.90 Å². The van der Waals surface area contributed by atoms with Gasteiger partial charge in [-0.15, -0.1) is 0 Å². The maximum Gasteiger partial charge on any atom is 0.270 e. The molecule has 1 aliphatic rings. The van der Waals surface area contributed by atoms with Crippen LogP contribution in [0.3, 0.4) is 0 Å². The number of aryl methyl sites for hydroxylation is 1. The van der Waals surface area contributed by atoms with Crippen LogP contribution < -0.4 is 0 Å². The average molecular weight is 438 g/mol. The van der Waals surface area contributed by atoms with Gasteiger partial charge in [-0.2, -0.15) is 0 Å². The van der Waals surface area contributed by atoms with Crippen LogP contribution in [0.1, 0.15) is 28.9 Å². The molecule has 4 rings (SSSR count). The topological polar surface area (TPSA) is 37.7 Å². The van der Waals surface area contributed by atoms with Crippen molar-refractivity contribution in [3.05, 3.63) is 71.7 Å². The highest BCUT2D eigenvalue weighted by Gasteiger charge is 2.26. The number of para-hydroxylation sites is 1. The smallest absolute Gasteiger partial charge is 0.270 e. The van der Waals surface area contributed by atoms with E-state index in [1.807, 2.05) is 59.0 Å². The Kier molecular flexibility index (Phi) is 7.22. The fourth-order valence-corrected chi connectivity index (χ4v) is 4.64. The van der Waals surface area contributed by atoms with Crippen LogP contribution >= 0.6 is 0 Å². The van der Waals surface area contributed by atoms with Crippen molar-refractivity contribution >= 4 is 16.8 Å². The first-order valence-electron chi connectivity index (χ1n) is 11.3. The maximum absolute atomic E-state index is 14.0. The molecule has 0 spiro atoms. The summed E-state index contributed by atoms with van der Waals surface area (Å²) in [5.74, 6) is 0.345. The number of hydrogen-bond acceptors (Lipinski definition) is 3. The molecule has 2 aromatic carbocycles. The molecule has 0 bridgehead atoms. The van der Waals surface area contributed by atoms with Crippen LogP contribution in [0.4, 0.5) is 4.39 Å².